The minimum atomic E-state index is -0.747. The average Bonchev–Trinajstić information content (AvgIpc) is 2.29. The quantitative estimate of drug-likeness (QED) is 0.824. The maximum Gasteiger partial charge on any atom is 0.237 e. The summed E-state index contributed by atoms with van der Waals surface area (Å²) in [5, 5.41) is 12.0. The van der Waals surface area contributed by atoms with Crippen molar-refractivity contribution in [1.29, 1.82) is 0 Å². The van der Waals surface area contributed by atoms with Crippen LogP contribution in [0.15, 0.2) is 24.3 Å². The van der Waals surface area contributed by atoms with Gasteiger partial charge in [-0.1, -0.05) is 19.1 Å². The molecular formula is C13H17NO3. The molecule has 4 nitrogen and oxygen atoms in total. The zero-order valence-corrected chi connectivity index (χ0v) is 9.90. The average molecular weight is 235 g/mol. The molecule has 0 unspecified atom stereocenters. The molecule has 0 saturated carbocycles. The van der Waals surface area contributed by atoms with Gasteiger partial charge in [0.25, 0.3) is 0 Å². The van der Waals surface area contributed by atoms with E-state index in [0.29, 0.717) is 13.2 Å². The van der Waals surface area contributed by atoms with Crippen molar-refractivity contribution in [2.75, 3.05) is 25.1 Å². The van der Waals surface area contributed by atoms with Gasteiger partial charge in [-0.2, -0.15) is 0 Å². The maximum atomic E-state index is 12.0. The van der Waals surface area contributed by atoms with Crippen LogP contribution in [-0.4, -0.2) is 30.8 Å². The van der Waals surface area contributed by atoms with Gasteiger partial charge in [0.05, 0.1) is 19.8 Å². The molecule has 17 heavy (non-hydrogen) atoms. The predicted molar refractivity (Wildman–Crippen MR) is 64.8 cm³/mol. The minimum Gasteiger partial charge on any atom is -0.395 e. The molecule has 1 aliphatic rings. The third-order valence-corrected chi connectivity index (χ3v) is 3.16. The molecule has 1 saturated heterocycles. The first kappa shape index (κ1) is 12.1. The van der Waals surface area contributed by atoms with Crippen LogP contribution in [0.4, 0.5) is 5.69 Å². The second kappa shape index (κ2) is 4.85. The van der Waals surface area contributed by atoms with Crippen LogP contribution in [0.5, 0.6) is 0 Å². The first-order valence-electron chi connectivity index (χ1n) is 5.79. The lowest BCUT2D eigenvalue weighted by Gasteiger charge is -2.37. The Morgan fingerprint density at radius 2 is 2.06 bits per heavy atom. The van der Waals surface area contributed by atoms with E-state index < -0.39 is 5.41 Å². The van der Waals surface area contributed by atoms with Crippen LogP contribution in [0.3, 0.4) is 0 Å². The Morgan fingerprint density at radius 3 is 2.47 bits per heavy atom. The summed E-state index contributed by atoms with van der Waals surface area (Å²) >= 11 is 0. The molecule has 0 spiro atoms. The fourth-order valence-corrected chi connectivity index (χ4v) is 1.73. The Morgan fingerprint density at radius 1 is 1.41 bits per heavy atom. The molecule has 1 aliphatic heterocycles. The Hall–Kier alpha value is -1.39. The number of benzene rings is 1. The van der Waals surface area contributed by atoms with Gasteiger partial charge in [-0.3, -0.25) is 4.79 Å². The van der Waals surface area contributed by atoms with E-state index in [1.54, 1.807) is 0 Å². The second-order valence-electron chi connectivity index (χ2n) is 4.44. The highest BCUT2D eigenvalue weighted by Gasteiger charge is 2.45. The number of aliphatic hydroxyl groups is 1. The molecule has 2 rings (SSSR count). The number of hydrogen-bond donors (Lipinski definition) is 2. The maximum absolute atomic E-state index is 12.0. The van der Waals surface area contributed by atoms with E-state index in [9.17, 15) is 9.90 Å². The van der Waals surface area contributed by atoms with Gasteiger partial charge in [0.2, 0.25) is 5.91 Å². The van der Waals surface area contributed by atoms with Gasteiger partial charge in [0, 0.05) is 5.69 Å². The lowest BCUT2D eigenvalue weighted by molar-refractivity contribution is -0.164. The van der Waals surface area contributed by atoms with Gasteiger partial charge in [-0.05, 0) is 24.1 Å². The molecule has 1 heterocycles. The summed E-state index contributed by atoms with van der Waals surface area (Å²) in [7, 11) is 0. The van der Waals surface area contributed by atoms with Crippen LogP contribution in [0, 0.1) is 5.41 Å². The number of anilines is 1. The van der Waals surface area contributed by atoms with E-state index in [1.807, 2.05) is 24.3 Å². The molecule has 2 N–H and O–H groups in total. The Bertz CT molecular complexity index is 390. The van der Waals surface area contributed by atoms with Gasteiger partial charge in [0.15, 0.2) is 0 Å². The van der Waals surface area contributed by atoms with Crippen molar-refractivity contribution in [2.24, 2.45) is 5.41 Å². The Balaban J connectivity index is 2.02. The zero-order chi connectivity index (χ0) is 12.3. The fraction of sp³-hybridized carbons (Fsp3) is 0.462. The van der Waals surface area contributed by atoms with E-state index in [2.05, 4.69) is 12.2 Å². The normalized spacial score (nSPS) is 17.3. The van der Waals surface area contributed by atoms with Gasteiger partial charge >= 0.3 is 0 Å². The minimum absolute atomic E-state index is 0.171. The second-order valence-corrected chi connectivity index (χ2v) is 4.44. The van der Waals surface area contributed by atoms with E-state index in [-0.39, 0.29) is 12.5 Å². The highest BCUT2D eigenvalue weighted by Crippen LogP contribution is 2.28. The molecule has 4 heteroatoms. The molecule has 1 aromatic carbocycles. The van der Waals surface area contributed by atoms with Crippen molar-refractivity contribution < 1.29 is 14.6 Å². The molecule has 92 valence electrons. The topological polar surface area (TPSA) is 58.6 Å². The van der Waals surface area contributed by atoms with Crippen LogP contribution in [0.1, 0.15) is 12.5 Å². The van der Waals surface area contributed by atoms with Crippen molar-refractivity contribution in [3.63, 3.8) is 0 Å². The zero-order valence-electron chi connectivity index (χ0n) is 9.90. The molecule has 0 bridgehead atoms. The number of rotatable bonds is 4. The third kappa shape index (κ3) is 2.33. The number of carbonyl (C=O) groups is 1. The van der Waals surface area contributed by atoms with E-state index in [0.717, 1.165) is 12.1 Å². The number of nitrogens with one attached hydrogen (secondary N) is 1. The van der Waals surface area contributed by atoms with E-state index >= 15 is 0 Å². The van der Waals surface area contributed by atoms with E-state index in [4.69, 9.17) is 4.74 Å². The number of aliphatic hydroxyl groups excluding tert-OH is 1. The van der Waals surface area contributed by atoms with Crippen LogP contribution in [0.25, 0.3) is 0 Å². The largest absolute Gasteiger partial charge is 0.395 e. The summed E-state index contributed by atoms with van der Waals surface area (Å²) < 4.78 is 5.00. The summed E-state index contributed by atoms with van der Waals surface area (Å²) in [4.78, 5) is 12.0. The van der Waals surface area contributed by atoms with Gasteiger partial charge < -0.3 is 15.2 Å². The van der Waals surface area contributed by atoms with E-state index in [1.165, 1.54) is 5.56 Å². The number of aryl methyl sites for hydroxylation is 1. The molecular weight excluding hydrogens is 218 g/mol. The summed E-state index contributed by atoms with van der Waals surface area (Å²) in [6, 6.07) is 7.72. The van der Waals surface area contributed by atoms with Crippen LogP contribution >= 0.6 is 0 Å². The summed E-state index contributed by atoms with van der Waals surface area (Å²) in [6.45, 7) is 2.50. The smallest absolute Gasteiger partial charge is 0.237 e. The number of carbonyl (C=O) groups excluding carboxylic acids is 1. The highest BCUT2D eigenvalue weighted by molar-refractivity contribution is 5.96. The molecule has 0 aromatic heterocycles. The van der Waals surface area contributed by atoms with Crippen LogP contribution in [-0.2, 0) is 16.0 Å². The van der Waals surface area contributed by atoms with Crippen LogP contribution in [0.2, 0.25) is 0 Å². The van der Waals surface area contributed by atoms with Gasteiger partial charge in [-0.15, -0.1) is 0 Å². The van der Waals surface area contributed by atoms with Crippen molar-refractivity contribution >= 4 is 11.6 Å². The van der Waals surface area contributed by atoms with Crippen molar-refractivity contribution in [2.45, 2.75) is 13.3 Å². The van der Waals surface area contributed by atoms with Crippen LogP contribution < -0.4 is 5.32 Å². The SMILES string of the molecule is CCc1ccc(NC(=O)C2(CO)COC2)cc1. The van der Waals surface area contributed by atoms with Crippen molar-refractivity contribution in [3.05, 3.63) is 29.8 Å². The monoisotopic (exact) mass is 235 g/mol. The van der Waals surface area contributed by atoms with Gasteiger partial charge in [-0.25, -0.2) is 0 Å². The summed E-state index contributed by atoms with van der Waals surface area (Å²) in [6.07, 6.45) is 0.975. The van der Waals surface area contributed by atoms with Gasteiger partial charge in [0.1, 0.15) is 5.41 Å². The third-order valence-electron chi connectivity index (χ3n) is 3.16. The molecule has 0 radical (unpaired) electrons. The number of amides is 1. The van der Waals surface area contributed by atoms with Crippen molar-refractivity contribution in [3.8, 4) is 0 Å². The Kier molecular flexibility index (Phi) is 3.45. The first-order chi connectivity index (χ1) is 8.20. The molecule has 0 atom stereocenters. The Labute approximate surface area is 101 Å². The summed E-state index contributed by atoms with van der Waals surface area (Å²) in [5.74, 6) is -0.171. The first-order valence-corrected chi connectivity index (χ1v) is 5.79. The number of ether oxygens (including phenoxy) is 1. The number of hydrogen-bond acceptors (Lipinski definition) is 3. The lowest BCUT2D eigenvalue weighted by Crippen LogP contribution is -2.54. The lowest BCUT2D eigenvalue weighted by atomic mass is 9.86. The molecule has 1 aromatic rings. The predicted octanol–water partition coefficient (Wildman–Crippen LogP) is 1.20. The van der Waals surface area contributed by atoms with Crippen molar-refractivity contribution in [1.82, 2.24) is 0 Å². The molecule has 0 aliphatic carbocycles. The highest BCUT2D eigenvalue weighted by atomic mass is 16.5. The summed E-state index contributed by atoms with van der Waals surface area (Å²) in [5.41, 5.74) is 1.24. The fourth-order valence-electron chi connectivity index (χ4n) is 1.73. The standard InChI is InChI=1S/C13H17NO3/c1-2-10-3-5-11(6-4-10)14-12(16)13(7-15)8-17-9-13/h3-6,15H,2,7-9H2,1H3,(H,14,16). The molecule has 1 amide bonds. The molecule has 1 fully saturated rings.